The Hall–Kier alpha value is -1.42. The number of amides is 2. The second-order valence-corrected chi connectivity index (χ2v) is 5.57. The minimum absolute atomic E-state index is 0.0124. The first-order chi connectivity index (χ1) is 8.90. The Morgan fingerprint density at radius 3 is 2.63 bits per heavy atom. The lowest BCUT2D eigenvalue weighted by molar-refractivity contribution is -0.138. The summed E-state index contributed by atoms with van der Waals surface area (Å²) in [6, 6.07) is 4.36. The van der Waals surface area contributed by atoms with Crippen molar-refractivity contribution in [2.24, 2.45) is 11.8 Å². The summed E-state index contributed by atoms with van der Waals surface area (Å²) in [5, 5.41) is 2.36. The van der Waals surface area contributed by atoms with Gasteiger partial charge in [-0.05, 0) is 23.6 Å². The zero-order chi connectivity index (χ0) is 14.2. The second-order valence-electron chi connectivity index (χ2n) is 5.17. The average molecular weight is 284 g/mol. The molecule has 0 bridgehead atoms. The molecule has 102 valence electrons. The van der Waals surface area contributed by atoms with Crippen molar-refractivity contribution in [2.75, 3.05) is 0 Å². The molecule has 1 aromatic rings. The van der Waals surface area contributed by atoms with Crippen LogP contribution in [-0.4, -0.2) is 11.8 Å². The van der Waals surface area contributed by atoms with Gasteiger partial charge in [0.2, 0.25) is 11.8 Å². The van der Waals surface area contributed by atoms with Crippen LogP contribution in [0.5, 0.6) is 0 Å². The van der Waals surface area contributed by atoms with Gasteiger partial charge in [-0.1, -0.05) is 31.5 Å². The van der Waals surface area contributed by atoms with Crippen molar-refractivity contribution in [3.8, 4) is 0 Å². The van der Waals surface area contributed by atoms with Crippen molar-refractivity contribution in [2.45, 2.75) is 26.2 Å². The van der Waals surface area contributed by atoms with E-state index in [9.17, 15) is 14.0 Å². The lowest BCUT2D eigenvalue weighted by Gasteiger charge is -2.33. The fourth-order valence-electron chi connectivity index (χ4n) is 2.62. The summed E-state index contributed by atoms with van der Waals surface area (Å²) in [6.45, 7) is 3.86. The molecule has 0 radical (unpaired) electrons. The van der Waals surface area contributed by atoms with E-state index < -0.39 is 5.82 Å². The Kier molecular flexibility index (Phi) is 3.90. The van der Waals surface area contributed by atoms with E-state index >= 15 is 0 Å². The molecule has 1 fully saturated rings. The molecular weight excluding hydrogens is 269 g/mol. The molecule has 1 aliphatic heterocycles. The number of piperidine rings is 1. The van der Waals surface area contributed by atoms with Crippen LogP contribution in [0.1, 0.15) is 31.7 Å². The average Bonchev–Trinajstić information content (AvgIpc) is 2.31. The van der Waals surface area contributed by atoms with Gasteiger partial charge in [0.25, 0.3) is 0 Å². The number of halogens is 2. The maximum atomic E-state index is 13.2. The van der Waals surface area contributed by atoms with Crippen LogP contribution in [0.15, 0.2) is 18.2 Å². The zero-order valence-electron chi connectivity index (χ0n) is 10.7. The number of carbonyl (C=O) groups excluding carboxylic acids is 2. The van der Waals surface area contributed by atoms with E-state index in [1.165, 1.54) is 12.1 Å². The van der Waals surface area contributed by atoms with E-state index in [1.54, 1.807) is 6.07 Å². The number of benzene rings is 1. The molecular formula is C14H15ClFNO2. The predicted octanol–water partition coefficient (Wildman–Crippen LogP) is 2.88. The van der Waals surface area contributed by atoms with Crippen LogP contribution in [-0.2, 0) is 9.59 Å². The smallest absolute Gasteiger partial charge is 0.230 e. The summed E-state index contributed by atoms with van der Waals surface area (Å²) in [7, 11) is 0. The van der Waals surface area contributed by atoms with E-state index in [0.717, 1.165) is 5.56 Å². The molecule has 1 aliphatic rings. The van der Waals surface area contributed by atoms with E-state index in [4.69, 9.17) is 11.6 Å². The SMILES string of the molecule is CC(C)C1C(=O)NC(=O)CC1c1ccc(F)c(Cl)c1. The fourth-order valence-corrected chi connectivity index (χ4v) is 2.81. The molecule has 1 aromatic carbocycles. The van der Waals surface area contributed by atoms with Crippen LogP contribution in [0.4, 0.5) is 4.39 Å². The monoisotopic (exact) mass is 283 g/mol. The molecule has 0 aliphatic carbocycles. The first-order valence-corrected chi connectivity index (χ1v) is 6.56. The zero-order valence-corrected chi connectivity index (χ0v) is 11.5. The molecule has 2 atom stereocenters. The Balaban J connectivity index is 2.40. The third-order valence-electron chi connectivity index (χ3n) is 3.49. The number of rotatable bonds is 2. The Morgan fingerprint density at radius 1 is 1.37 bits per heavy atom. The first-order valence-electron chi connectivity index (χ1n) is 6.18. The first kappa shape index (κ1) is 14.0. The van der Waals surface area contributed by atoms with Crippen LogP contribution >= 0.6 is 11.6 Å². The van der Waals surface area contributed by atoms with Gasteiger partial charge in [0, 0.05) is 18.3 Å². The Labute approximate surface area is 116 Å². The van der Waals surface area contributed by atoms with E-state index in [-0.39, 0.29) is 41.0 Å². The second kappa shape index (κ2) is 5.29. The van der Waals surface area contributed by atoms with Gasteiger partial charge in [-0.3, -0.25) is 14.9 Å². The molecule has 1 heterocycles. The highest BCUT2D eigenvalue weighted by molar-refractivity contribution is 6.30. The highest BCUT2D eigenvalue weighted by atomic mass is 35.5. The molecule has 2 amide bonds. The van der Waals surface area contributed by atoms with Gasteiger partial charge in [0.15, 0.2) is 0 Å². The number of carbonyl (C=O) groups is 2. The summed E-state index contributed by atoms with van der Waals surface area (Å²) in [5.41, 5.74) is 0.730. The number of hydrogen-bond acceptors (Lipinski definition) is 2. The van der Waals surface area contributed by atoms with Gasteiger partial charge < -0.3 is 0 Å². The van der Waals surface area contributed by atoms with Gasteiger partial charge in [-0.25, -0.2) is 4.39 Å². The van der Waals surface area contributed by atoms with Gasteiger partial charge in [-0.2, -0.15) is 0 Å². The van der Waals surface area contributed by atoms with E-state index in [2.05, 4.69) is 5.32 Å². The van der Waals surface area contributed by atoms with Crippen LogP contribution < -0.4 is 5.32 Å². The number of imide groups is 1. The highest BCUT2D eigenvalue weighted by Crippen LogP contribution is 2.37. The van der Waals surface area contributed by atoms with Crippen molar-refractivity contribution in [1.82, 2.24) is 5.32 Å². The third-order valence-corrected chi connectivity index (χ3v) is 3.78. The van der Waals surface area contributed by atoms with Gasteiger partial charge in [0.05, 0.1) is 5.02 Å². The van der Waals surface area contributed by atoms with Crippen molar-refractivity contribution < 1.29 is 14.0 Å². The normalized spacial score (nSPS) is 23.6. The van der Waals surface area contributed by atoms with Crippen molar-refractivity contribution >= 4 is 23.4 Å². The molecule has 0 aromatic heterocycles. The third kappa shape index (κ3) is 2.78. The lowest BCUT2D eigenvalue weighted by Crippen LogP contribution is -2.46. The maximum Gasteiger partial charge on any atom is 0.230 e. The molecule has 1 N–H and O–H groups in total. The molecule has 2 rings (SSSR count). The minimum atomic E-state index is -0.502. The van der Waals surface area contributed by atoms with Crippen molar-refractivity contribution in [3.63, 3.8) is 0 Å². The molecule has 0 spiro atoms. The molecule has 3 nitrogen and oxygen atoms in total. The minimum Gasteiger partial charge on any atom is -0.296 e. The summed E-state index contributed by atoms with van der Waals surface area (Å²) in [4.78, 5) is 23.5. The standard InChI is InChI=1S/C14H15ClFNO2/c1-7(2)13-9(6-12(18)17-14(13)19)8-3-4-11(16)10(15)5-8/h3-5,7,9,13H,6H2,1-2H3,(H,17,18,19). The Bertz CT molecular complexity index is 530. The summed E-state index contributed by atoms with van der Waals surface area (Å²) in [6.07, 6.45) is 0.219. The van der Waals surface area contributed by atoms with Crippen molar-refractivity contribution in [3.05, 3.63) is 34.6 Å². The maximum absolute atomic E-state index is 13.2. The summed E-state index contributed by atoms with van der Waals surface area (Å²) >= 11 is 5.77. The topological polar surface area (TPSA) is 46.2 Å². The summed E-state index contributed by atoms with van der Waals surface area (Å²) < 4.78 is 13.2. The van der Waals surface area contributed by atoms with Gasteiger partial charge >= 0.3 is 0 Å². The summed E-state index contributed by atoms with van der Waals surface area (Å²) in [5.74, 6) is -1.54. The van der Waals surface area contributed by atoms with Crippen LogP contribution in [0.3, 0.4) is 0 Å². The Morgan fingerprint density at radius 2 is 2.05 bits per heavy atom. The van der Waals surface area contributed by atoms with Crippen LogP contribution in [0.25, 0.3) is 0 Å². The van der Waals surface area contributed by atoms with Crippen LogP contribution in [0.2, 0.25) is 5.02 Å². The fraction of sp³-hybridized carbons (Fsp3) is 0.429. The molecule has 2 unspecified atom stereocenters. The molecule has 5 heteroatoms. The van der Waals surface area contributed by atoms with E-state index in [1.807, 2.05) is 13.8 Å². The quantitative estimate of drug-likeness (QED) is 0.849. The number of nitrogens with one attached hydrogen (secondary N) is 1. The lowest BCUT2D eigenvalue weighted by atomic mass is 9.75. The van der Waals surface area contributed by atoms with E-state index in [0.29, 0.717) is 0 Å². The van der Waals surface area contributed by atoms with Crippen molar-refractivity contribution in [1.29, 1.82) is 0 Å². The number of hydrogen-bond donors (Lipinski definition) is 1. The molecule has 1 saturated heterocycles. The van der Waals surface area contributed by atoms with Gasteiger partial charge in [-0.15, -0.1) is 0 Å². The molecule has 0 saturated carbocycles. The largest absolute Gasteiger partial charge is 0.296 e. The van der Waals surface area contributed by atoms with Gasteiger partial charge in [0.1, 0.15) is 5.82 Å². The van der Waals surface area contributed by atoms with Crippen LogP contribution in [0, 0.1) is 17.7 Å². The predicted molar refractivity (Wildman–Crippen MR) is 70.2 cm³/mol. The molecule has 19 heavy (non-hydrogen) atoms. The highest BCUT2D eigenvalue weighted by Gasteiger charge is 2.38.